The summed E-state index contributed by atoms with van der Waals surface area (Å²) in [6.07, 6.45) is -4.37. The Morgan fingerprint density at radius 3 is 2.56 bits per heavy atom. The molecule has 1 heterocycles. The third-order valence-electron chi connectivity index (χ3n) is 2.65. The molecule has 86 valence electrons. The molecule has 16 heavy (non-hydrogen) atoms. The number of fused-ring (bicyclic) bond motifs is 1. The van der Waals surface area contributed by atoms with Crippen LogP contribution in [0.5, 0.6) is 0 Å². The first-order chi connectivity index (χ1) is 7.45. The molecule has 0 aliphatic rings. The molecule has 1 N–H and O–H groups in total. The van der Waals surface area contributed by atoms with Gasteiger partial charge in [0, 0.05) is 23.6 Å². The van der Waals surface area contributed by atoms with Crippen LogP contribution in [0.4, 0.5) is 13.2 Å². The van der Waals surface area contributed by atoms with E-state index in [4.69, 9.17) is 5.11 Å². The third kappa shape index (κ3) is 1.57. The summed E-state index contributed by atoms with van der Waals surface area (Å²) < 4.78 is 39.6. The van der Waals surface area contributed by atoms with Crippen LogP contribution < -0.4 is 0 Å². The number of benzene rings is 1. The zero-order valence-corrected chi connectivity index (χ0v) is 8.54. The van der Waals surface area contributed by atoms with Crippen molar-refractivity contribution in [2.75, 3.05) is 0 Å². The molecule has 2 aromatic rings. The minimum absolute atomic E-state index is 0.126. The Hall–Kier alpha value is -1.49. The fourth-order valence-corrected chi connectivity index (χ4v) is 1.81. The average Bonchev–Trinajstić information content (AvgIpc) is 2.54. The van der Waals surface area contributed by atoms with Crippen molar-refractivity contribution in [2.45, 2.75) is 12.8 Å². The van der Waals surface area contributed by atoms with Crippen molar-refractivity contribution >= 4 is 10.9 Å². The normalized spacial score (nSPS) is 12.3. The van der Waals surface area contributed by atoms with Crippen LogP contribution in [0, 0.1) is 0 Å². The molecule has 0 spiro atoms. The molecule has 5 heteroatoms. The van der Waals surface area contributed by atoms with E-state index in [2.05, 4.69) is 0 Å². The number of aryl methyl sites for hydroxylation is 1. The molecular weight excluding hydrogens is 219 g/mol. The highest BCUT2D eigenvalue weighted by Crippen LogP contribution is 2.35. The van der Waals surface area contributed by atoms with Crippen LogP contribution in [0.3, 0.4) is 0 Å². The molecule has 2 rings (SSSR count). The molecule has 0 saturated heterocycles. The van der Waals surface area contributed by atoms with E-state index in [1.807, 2.05) is 0 Å². The predicted octanol–water partition coefficient (Wildman–Crippen LogP) is 2.69. The number of aromatic nitrogens is 1. The Morgan fingerprint density at radius 2 is 2.00 bits per heavy atom. The van der Waals surface area contributed by atoms with Gasteiger partial charge in [-0.15, -0.1) is 0 Å². The van der Waals surface area contributed by atoms with Gasteiger partial charge in [-0.05, 0) is 18.2 Å². The van der Waals surface area contributed by atoms with Crippen LogP contribution in [-0.4, -0.2) is 9.67 Å². The monoisotopic (exact) mass is 229 g/mol. The van der Waals surface area contributed by atoms with Crippen molar-refractivity contribution in [3.05, 3.63) is 35.5 Å². The van der Waals surface area contributed by atoms with E-state index in [1.165, 1.54) is 12.1 Å². The van der Waals surface area contributed by atoms with Gasteiger partial charge in [0.15, 0.2) is 0 Å². The van der Waals surface area contributed by atoms with Gasteiger partial charge in [-0.3, -0.25) is 0 Å². The number of hydrogen-bond donors (Lipinski definition) is 1. The fraction of sp³-hybridized carbons (Fsp3) is 0.273. The zero-order valence-electron chi connectivity index (χ0n) is 8.54. The summed E-state index contributed by atoms with van der Waals surface area (Å²) in [6.45, 7) is -0.275. The highest BCUT2D eigenvalue weighted by Gasteiger charge is 2.33. The van der Waals surface area contributed by atoms with Gasteiger partial charge in [0.2, 0.25) is 0 Å². The molecule has 0 radical (unpaired) electrons. The van der Waals surface area contributed by atoms with Crippen molar-refractivity contribution in [2.24, 2.45) is 7.05 Å². The second-order valence-corrected chi connectivity index (χ2v) is 3.59. The van der Waals surface area contributed by atoms with Gasteiger partial charge in [-0.2, -0.15) is 13.2 Å². The van der Waals surface area contributed by atoms with E-state index < -0.39 is 11.7 Å². The van der Waals surface area contributed by atoms with Crippen molar-refractivity contribution in [3.63, 3.8) is 0 Å². The fourth-order valence-electron chi connectivity index (χ4n) is 1.81. The smallest absolute Gasteiger partial charge is 0.390 e. The molecule has 0 saturated carbocycles. The van der Waals surface area contributed by atoms with Gasteiger partial charge in [-0.25, -0.2) is 0 Å². The lowest BCUT2D eigenvalue weighted by Crippen LogP contribution is -2.05. The highest BCUT2D eigenvalue weighted by atomic mass is 19.4. The summed E-state index contributed by atoms with van der Waals surface area (Å²) >= 11 is 0. The van der Waals surface area contributed by atoms with Gasteiger partial charge >= 0.3 is 6.18 Å². The zero-order chi connectivity index (χ0) is 11.9. The number of nitrogens with zero attached hydrogens (tertiary/aromatic N) is 1. The van der Waals surface area contributed by atoms with Crippen LogP contribution in [0.15, 0.2) is 24.3 Å². The molecule has 1 aromatic carbocycles. The molecule has 0 bridgehead atoms. The predicted molar refractivity (Wildman–Crippen MR) is 53.8 cm³/mol. The Kier molecular flexibility index (Phi) is 2.42. The highest BCUT2D eigenvalue weighted by molar-refractivity contribution is 5.85. The molecule has 1 aromatic heterocycles. The third-order valence-corrected chi connectivity index (χ3v) is 2.65. The molecule has 0 aliphatic heterocycles. The number of aliphatic hydroxyl groups excluding tert-OH is 1. The lowest BCUT2D eigenvalue weighted by atomic mass is 10.1. The van der Waals surface area contributed by atoms with Gasteiger partial charge in [-0.1, -0.05) is 6.07 Å². The number of aliphatic hydroxyl groups is 1. The first-order valence-corrected chi connectivity index (χ1v) is 4.70. The Bertz CT molecular complexity index is 528. The lowest BCUT2D eigenvalue weighted by molar-refractivity contribution is -0.136. The van der Waals surface area contributed by atoms with Gasteiger partial charge in [0.05, 0.1) is 12.2 Å². The second-order valence-electron chi connectivity index (χ2n) is 3.59. The molecule has 0 aliphatic carbocycles. The molecule has 2 nitrogen and oxygen atoms in total. The number of halogens is 3. The van der Waals surface area contributed by atoms with Crippen LogP contribution in [0.25, 0.3) is 10.9 Å². The molecule has 0 unspecified atom stereocenters. The number of hydrogen-bond acceptors (Lipinski definition) is 1. The number of rotatable bonds is 1. The van der Waals surface area contributed by atoms with E-state index in [-0.39, 0.29) is 12.0 Å². The maximum atomic E-state index is 12.7. The maximum absolute atomic E-state index is 12.7. The van der Waals surface area contributed by atoms with Crippen molar-refractivity contribution in [1.29, 1.82) is 0 Å². The molecular formula is C11H10F3NO. The average molecular weight is 229 g/mol. The topological polar surface area (TPSA) is 25.2 Å². The molecule has 0 fully saturated rings. The second kappa shape index (κ2) is 3.52. The quantitative estimate of drug-likeness (QED) is 0.799. The first kappa shape index (κ1) is 11.0. The maximum Gasteiger partial charge on any atom is 0.417 e. The molecule has 0 atom stereocenters. The summed E-state index contributed by atoms with van der Waals surface area (Å²) in [4.78, 5) is 0. The summed E-state index contributed by atoms with van der Waals surface area (Å²) in [5.74, 6) is 0. The largest absolute Gasteiger partial charge is 0.417 e. The van der Waals surface area contributed by atoms with Crippen molar-refractivity contribution < 1.29 is 18.3 Å². The van der Waals surface area contributed by atoms with E-state index in [0.717, 1.165) is 6.07 Å². The summed E-state index contributed by atoms with van der Waals surface area (Å²) in [5, 5.41) is 9.14. The summed E-state index contributed by atoms with van der Waals surface area (Å²) in [7, 11) is 1.63. The first-order valence-electron chi connectivity index (χ1n) is 4.70. The van der Waals surface area contributed by atoms with E-state index in [0.29, 0.717) is 11.2 Å². The summed E-state index contributed by atoms with van der Waals surface area (Å²) in [5.41, 5.74) is 0.269. The van der Waals surface area contributed by atoms with Gasteiger partial charge < -0.3 is 9.67 Å². The van der Waals surface area contributed by atoms with Crippen LogP contribution in [0.1, 0.15) is 11.3 Å². The van der Waals surface area contributed by atoms with Gasteiger partial charge in [0.1, 0.15) is 0 Å². The Balaban J connectivity index is 2.79. The molecule has 0 amide bonds. The van der Waals surface area contributed by atoms with E-state index >= 15 is 0 Å². The van der Waals surface area contributed by atoms with Crippen molar-refractivity contribution in [3.8, 4) is 0 Å². The SMILES string of the molecule is Cn1c(CO)cc2c(C(F)(F)F)cccc21. The van der Waals surface area contributed by atoms with Crippen LogP contribution in [0.2, 0.25) is 0 Å². The van der Waals surface area contributed by atoms with E-state index in [9.17, 15) is 13.2 Å². The van der Waals surface area contributed by atoms with Crippen LogP contribution in [-0.2, 0) is 19.8 Å². The Morgan fingerprint density at radius 1 is 1.31 bits per heavy atom. The lowest BCUT2D eigenvalue weighted by Gasteiger charge is -2.07. The van der Waals surface area contributed by atoms with E-state index in [1.54, 1.807) is 17.7 Å². The number of alkyl halides is 3. The Labute approximate surface area is 89.9 Å². The minimum Gasteiger partial charge on any atom is -0.390 e. The summed E-state index contributed by atoms with van der Waals surface area (Å²) in [6, 6.07) is 5.39. The van der Waals surface area contributed by atoms with Gasteiger partial charge in [0.25, 0.3) is 0 Å². The minimum atomic E-state index is -4.37. The van der Waals surface area contributed by atoms with Crippen LogP contribution >= 0.6 is 0 Å². The standard InChI is InChI=1S/C11H10F3NO/c1-15-7(6-16)5-8-9(11(12,13)14)3-2-4-10(8)15/h2-5,16H,6H2,1H3. The van der Waals surface area contributed by atoms with Crippen molar-refractivity contribution in [1.82, 2.24) is 4.57 Å².